The lowest BCUT2D eigenvalue weighted by Gasteiger charge is -2.36. The number of piperidine rings is 1. The van der Waals surface area contributed by atoms with Crippen LogP contribution in [0.4, 0.5) is 24.9 Å². The van der Waals surface area contributed by atoms with E-state index in [-0.39, 0.29) is 60.0 Å². The van der Waals surface area contributed by atoms with Crippen LogP contribution in [0.3, 0.4) is 0 Å². The molecule has 0 saturated carbocycles. The number of fused-ring (bicyclic) bond motifs is 1. The summed E-state index contributed by atoms with van der Waals surface area (Å²) in [6.07, 6.45) is -0.513. The molecule has 1 fully saturated rings. The Morgan fingerprint density at radius 1 is 1.18 bits per heavy atom. The summed E-state index contributed by atoms with van der Waals surface area (Å²) in [5.74, 6) is -5.84. The molecule has 14 heteroatoms. The fourth-order valence-corrected chi connectivity index (χ4v) is 6.53. The minimum absolute atomic E-state index is 0.0944. The third-order valence-corrected chi connectivity index (χ3v) is 8.90. The molecule has 38 heavy (non-hydrogen) atoms. The average Bonchev–Trinajstić information content (AvgIpc) is 3.31. The summed E-state index contributed by atoms with van der Waals surface area (Å²) in [6, 6.07) is 8.43. The van der Waals surface area contributed by atoms with Crippen molar-refractivity contribution in [2.24, 2.45) is 11.7 Å². The molecular weight excluding hydrogens is 547 g/mol. The van der Waals surface area contributed by atoms with Crippen LogP contribution in [-0.2, 0) is 16.4 Å². The number of aliphatic hydroxyl groups is 1. The molecule has 0 amide bonds. The molecule has 3 heterocycles. The van der Waals surface area contributed by atoms with Crippen LogP contribution in [0.1, 0.15) is 12.0 Å². The lowest BCUT2D eigenvalue weighted by Crippen LogP contribution is -2.48. The van der Waals surface area contributed by atoms with Gasteiger partial charge in [-0.1, -0.05) is 28.8 Å². The maximum absolute atomic E-state index is 15.3. The maximum atomic E-state index is 15.3. The fraction of sp³-hybridized carbons (Fsp3) is 0.417. The summed E-state index contributed by atoms with van der Waals surface area (Å²) in [6.45, 7) is -0.576. The van der Waals surface area contributed by atoms with Gasteiger partial charge < -0.3 is 25.1 Å². The van der Waals surface area contributed by atoms with Crippen LogP contribution in [-0.4, -0.2) is 67.7 Å². The van der Waals surface area contributed by atoms with Crippen LogP contribution in [0.5, 0.6) is 0 Å². The minimum Gasteiger partial charge on any atom is -0.403 e. The van der Waals surface area contributed by atoms with Gasteiger partial charge >= 0.3 is 6.01 Å². The summed E-state index contributed by atoms with van der Waals surface area (Å²) in [7, 11) is -3.91. The zero-order valence-electron chi connectivity index (χ0n) is 20.0. The Bertz CT molecular complexity index is 1440. The zero-order chi connectivity index (χ0) is 27.2. The Hall–Kier alpha value is -2.87. The van der Waals surface area contributed by atoms with Gasteiger partial charge in [-0.15, -0.1) is 5.10 Å². The van der Waals surface area contributed by atoms with Crippen LogP contribution in [0, 0.1) is 11.7 Å². The molecule has 2 aromatic carbocycles. The van der Waals surface area contributed by atoms with Crippen molar-refractivity contribution >= 4 is 33.1 Å². The molecule has 3 N–H and O–H groups in total. The van der Waals surface area contributed by atoms with E-state index in [4.69, 9.17) is 21.8 Å². The van der Waals surface area contributed by atoms with Gasteiger partial charge in [0, 0.05) is 43.7 Å². The van der Waals surface area contributed by atoms with E-state index in [2.05, 4.69) is 10.2 Å². The Kier molecular flexibility index (Phi) is 7.05. The standard InChI is InChI=1S/C24H25ClF3N5O4S/c25-16-3-1-14(2-4-16)9-33-11-17(29)13-38(35,36)21-8-19(26)18(7-20(21)33)22-30-31-23(37-22)32-6-5-24(27,28)15(10-32)12-34/h1-4,7-8,15,17,34H,5-6,9-13,29H2/t15?,17-/m1/s1. The fourth-order valence-electron chi connectivity index (χ4n) is 4.77. The Morgan fingerprint density at radius 3 is 2.63 bits per heavy atom. The number of anilines is 2. The first-order valence-electron chi connectivity index (χ1n) is 11.9. The zero-order valence-corrected chi connectivity index (χ0v) is 21.6. The summed E-state index contributed by atoms with van der Waals surface area (Å²) in [5.41, 5.74) is 7.03. The van der Waals surface area contributed by atoms with Crippen molar-refractivity contribution in [2.75, 3.05) is 41.8 Å². The third kappa shape index (κ3) is 5.20. The Balaban J connectivity index is 1.51. The van der Waals surface area contributed by atoms with Crippen molar-refractivity contribution in [3.8, 4) is 11.5 Å². The van der Waals surface area contributed by atoms with Crippen molar-refractivity contribution in [3.63, 3.8) is 0 Å². The average molecular weight is 572 g/mol. The number of aliphatic hydroxyl groups excluding tert-OH is 1. The number of rotatable bonds is 5. The molecule has 5 rings (SSSR count). The molecule has 0 bridgehead atoms. The molecule has 0 aliphatic carbocycles. The SMILES string of the molecule is N[C@@H]1CN(Cc2ccc(Cl)cc2)c2cc(-c3nnc(N4CCC(F)(F)C(CO)C4)o3)c(F)cc2S(=O)(=O)C1. The molecule has 1 saturated heterocycles. The molecule has 2 aliphatic rings. The summed E-state index contributed by atoms with van der Waals surface area (Å²) in [5, 5.41) is 17.7. The lowest BCUT2D eigenvalue weighted by molar-refractivity contribution is -0.0885. The van der Waals surface area contributed by atoms with E-state index >= 15 is 4.39 Å². The number of hydrogen-bond donors (Lipinski definition) is 2. The highest BCUT2D eigenvalue weighted by atomic mass is 35.5. The van der Waals surface area contributed by atoms with E-state index < -0.39 is 46.6 Å². The van der Waals surface area contributed by atoms with Gasteiger partial charge in [0.15, 0.2) is 9.84 Å². The van der Waals surface area contributed by atoms with E-state index in [1.807, 2.05) is 0 Å². The third-order valence-electron chi connectivity index (χ3n) is 6.79. The van der Waals surface area contributed by atoms with Crippen molar-refractivity contribution in [1.82, 2.24) is 10.2 Å². The largest absolute Gasteiger partial charge is 0.403 e. The van der Waals surface area contributed by atoms with Crippen LogP contribution in [0.2, 0.25) is 5.02 Å². The highest BCUT2D eigenvalue weighted by molar-refractivity contribution is 7.91. The smallest absolute Gasteiger partial charge is 0.318 e. The van der Waals surface area contributed by atoms with Crippen molar-refractivity contribution < 1.29 is 31.1 Å². The van der Waals surface area contributed by atoms with Crippen molar-refractivity contribution in [3.05, 3.63) is 52.8 Å². The molecule has 2 aliphatic heterocycles. The second kappa shape index (κ2) is 10.0. The number of aromatic nitrogens is 2. The highest BCUT2D eigenvalue weighted by Crippen LogP contribution is 2.38. The first-order chi connectivity index (χ1) is 18.0. The Labute approximate surface area is 221 Å². The maximum Gasteiger partial charge on any atom is 0.318 e. The Morgan fingerprint density at radius 2 is 1.92 bits per heavy atom. The minimum atomic E-state index is -3.91. The van der Waals surface area contributed by atoms with Crippen LogP contribution in [0.15, 0.2) is 45.7 Å². The van der Waals surface area contributed by atoms with E-state index in [0.717, 1.165) is 11.6 Å². The van der Waals surface area contributed by atoms with Crippen molar-refractivity contribution in [2.45, 2.75) is 29.8 Å². The second-order valence-electron chi connectivity index (χ2n) is 9.57. The van der Waals surface area contributed by atoms with E-state index in [1.54, 1.807) is 29.2 Å². The van der Waals surface area contributed by atoms with E-state index in [9.17, 15) is 22.3 Å². The first kappa shape index (κ1) is 26.7. The lowest BCUT2D eigenvalue weighted by atomic mass is 9.95. The number of alkyl halides is 2. The van der Waals surface area contributed by atoms with Gasteiger partial charge in [0.1, 0.15) is 5.82 Å². The molecule has 9 nitrogen and oxygen atoms in total. The van der Waals surface area contributed by atoms with Gasteiger partial charge in [0.2, 0.25) is 0 Å². The predicted octanol–water partition coefficient (Wildman–Crippen LogP) is 3.10. The summed E-state index contributed by atoms with van der Waals surface area (Å²) < 4.78 is 75.0. The number of nitrogens with zero attached hydrogens (tertiary/aromatic N) is 4. The van der Waals surface area contributed by atoms with Gasteiger partial charge in [-0.05, 0) is 29.8 Å². The number of sulfone groups is 1. The van der Waals surface area contributed by atoms with Gasteiger partial charge in [-0.25, -0.2) is 21.6 Å². The molecule has 204 valence electrons. The van der Waals surface area contributed by atoms with Crippen LogP contribution in [0.25, 0.3) is 11.5 Å². The highest BCUT2D eigenvalue weighted by Gasteiger charge is 2.44. The molecule has 2 atom stereocenters. The topological polar surface area (TPSA) is 126 Å². The number of halogens is 4. The van der Waals surface area contributed by atoms with E-state index in [1.165, 1.54) is 11.0 Å². The number of benzene rings is 2. The molecule has 1 unspecified atom stereocenters. The number of hydrogen-bond acceptors (Lipinski definition) is 9. The van der Waals surface area contributed by atoms with Gasteiger partial charge in [0.25, 0.3) is 11.8 Å². The monoisotopic (exact) mass is 571 g/mol. The predicted molar refractivity (Wildman–Crippen MR) is 135 cm³/mol. The first-order valence-corrected chi connectivity index (χ1v) is 13.9. The van der Waals surface area contributed by atoms with Gasteiger partial charge in [-0.2, -0.15) is 0 Å². The summed E-state index contributed by atoms with van der Waals surface area (Å²) in [4.78, 5) is 2.95. The second-order valence-corrected chi connectivity index (χ2v) is 12.0. The molecule has 0 radical (unpaired) electrons. The van der Waals surface area contributed by atoms with Crippen LogP contribution < -0.4 is 15.5 Å². The van der Waals surface area contributed by atoms with Gasteiger partial charge in [0.05, 0.1) is 34.4 Å². The van der Waals surface area contributed by atoms with Gasteiger partial charge in [-0.3, -0.25) is 0 Å². The quantitative estimate of drug-likeness (QED) is 0.475. The molecule has 3 aromatic rings. The van der Waals surface area contributed by atoms with E-state index in [0.29, 0.717) is 5.02 Å². The molecule has 0 spiro atoms. The number of nitrogens with two attached hydrogens (primary N) is 1. The molecular formula is C24H25ClF3N5O4S. The normalized spacial score (nSPS) is 22.7. The molecule has 1 aromatic heterocycles. The van der Waals surface area contributed by atoms with Crippen LogP contribution >= 0.6 is 11.6 Å². The van der Waals surface area contributed by atoms with Crippen molar-refractivity contribution in [1.29, 1.82) is 0 Å². The summed E-state index contributed by atoms with van der Waals surface area (Å²) >= 11 is 5.99.